The Bertz CT molecular complexity index is 576. The number of rotatable bonds is 5. The highest BCUT2D eigenvalue weighted by molar-refractivity contribution is 5.15. The Hall–Kier alpha value is -1.66. The van der Waals surface area contributed by atoms with E-state index in [0.717, 1.165) is 31.0 Å². The molecule has 6 heteroatoms. The van der Waals surface area contributed by atoms with Gasteiger partial charge in [0.1, 0.15) is 0 Å². The predicted molar refractivity (Wildman–Crippen MR) is 79.8 cm³/mol. The van der Waals surface area contributed by atoms with Gasteiger partial charge in [-0.15, -0.1) is 0 Å². The van der Waals surface area contributed by atoms with E-state index in [4.69, 9.17) is 5.11 Å². The van der Waals surface area contributed by atoms with Crippen LogP contribution in [0.15, 0.2) is 18.5 Å². The lowest BCUT2D eigenvalue weighted by Gasteiger charge is -2.31. The van der Waals surface area contributed by atoms with Crippen LogP contribution in [-0.2, 0) is 20.0 Å². The summed E-state index contributed by atoms with van der Waals surface area (Å²) < 4.78 is 1.85. The molecule has 2 N–H and O–H groups in total. The van der Waals surface area contributed by atoms with Gasteiger partial charge in [-0.25, -0.2) is 0 Å². The first-order valence-corrected chi connectivity index (χ1v) is 7.59. The summed E-state index contributed by atoms with van der Waals surface area (Å²) in [6.07, 6.45) is 7.06. The third kappa shape index (κ3) is 3.51. The minimum atomic E-state index is 0.166. The number of hydrogen-bond acceptors (Lipinski definition) is 4. The quantitative estimate of drug-likeness (QED) is 0.863. The van der Waals surface area contributed by atoms with Gasteiger partial charge in [-0.3, -0.25) is 14.7 Å². The van der Waals surface area contributed by atoms with E-state index in [1.165, 1.54) is 18.4 Å². The van der Waals surface area contributed by atoms with Crippen molar-refractivity contribution >= 4 is 0 Å². The molecule has 6 nitrogen and oxygen atoms in total. The number of piperidine rings is 1. The molecule has 0 aromatic carbocycles. The summed E-state index contributed by atoms with van der Waals surface area (Å²) in [5.74, 6) is 0.485. The molecule has 114 valence electrons. The number of aromatic amines is 1. The number of aliphatic hydroxyl groups excluding tert-OH is 1. The van der Waals surface area contributed by atoms with Gasteiger partial charge in [-0.1, -0.05) is 0 Å². The summed E-state index contributed by atoms with van der Waals surface area (Å²) in [6.45, 7) is 3.30. The molecule has 3 rings (SSSR count). The summed E-state index contributed by atoms with van der Waals surface area (Å²) in [5.41, 5.74) is 3.42. The van der Waals surface area contributed by atoms with Crippen molar-refractivity contribution in [2.24, 2.45) is 7.05 Å². The highest BCUT2D eigenvalue weighted by atomic mass is 16.3. The lowest BCUT2D eigenvalue weighted by molar-refractivity contribution is 0.198. The predicted octanol–water partition coefficient (Wildman–Crippen LogP) is 1.06. The number of aryl methyl sites for hydroxylation is 1. The Balaban J connectivity index is 1.61. The Kier molecular flexibility index (Phi) is 4.36. The molecule has 1 saturated heterocycles. The van der Waals surface area contributed by atoms with Crippen molar-refractivity contribution in [1.82, 2.24) is 24.9 Å². The van der Waals surface area contributed by atoms with Gasteiger partial charge in [-0.2, -0.15) is 10.2 Å². The number of aliphatic hydroxyl groups is 1. The van der Waals surface area contributed by atoms with E-state index in [1.807, 2.05) is 17.9 Å². The molecule has 0 saturated carbocycles. The summed E-state index contributed by atoms with van der Waals surface area (Å²) in [5, 5.41) is 20.7. The Morgan fingerprint density at radius 3 is 3.14 bits per heavy atom. The summed E-state index contributed by atoms with van der Waals surface area (Å²) >= 11 is 0. The number of nitrogens with zero attached hydrogens (tertiary/aromatic N) is 4. The largest absolute Gasteiger partial charge is 0.396 e. The van der Waals surface area contributed by atoms with Crippen molar-refractivity contribution < 1.29 is 5.11 Å². The Labute approximate surface area is 124 Å². The van der Waals surface area contributed by atoms with E-state index in [9.17, 15) is 0 Å². The first-order chi connectivity index (χ1) is 10.2. The average Bonchev–Trinajstić information content (AvgIpc) is 3.09. The maximum absolute atomic E-state index is 8.98. The fourth-order valence-electron chi connectivity index (χ4n) is 3.09. The van der Waals surface area contributed by atoms with E-state index in [0.29, 0.717) is 12.3 Å². The lowest BCUT2D eigenvalue weighted by Crippen LogP contribution is -2.33. The van der Waals surface area contributed by atoms with Crippen molar-refractivity contribution in [1.29, 1.82) is 0 Å². The van der Waals surface area contributed by atoms with Gasteiger partial charge >= 0.3 is 0 Å². The molecule has 1 fully saturated rings. The molecule has 0 spiro atoms. The van der Waals surface area contributed by atoms with E-state index in [-0.39, 0.29) is 6.61 Å². The van der Waals surface area contributed by atoms with E-state index in [1.54, 1.807) is 0 Å². The molecule has 1 aliphatic rings. The molecular formula is C15H23N5O. The molecule has 0 amide bonds. The number of nitrogens with one attached hydrogen (secondary N) is 1. The standard InChI is InChI=1S/C15H23N5O/c1-19-9-12(8-16-19)10-20-5-2-3-13(11-20)15-7-14(4-6-21)17-18-15/h7-9,13,21H,2-6,10-11H2,1H3,(H,17,18). The molecule has 2 aromatic rings. The van der Waals surface area contributed by atoms with Crippen LogP contribution in [0.1, 0.15) is 35.7 Å². The van der Waals surface area contributed by atoms with Crippen LogP contribution in [0.2, 0.25) is 0 Å². The minimum absolute atomic E-state index is 0.166. The second-order valence-electron chi connectivity index (χ2n) is 5.89. The monoisotopic (exact) mass is 289 g/mol. The number of H-pyrrole nitrogens is 1. The summed E-state index contributed by atoms with van der Waals surface area (Å²) in [6, 6.07) is 2.11. The molecule has 21 heavy (non-hydrogen) atoms. The maximum atomic E-state index is 8.98. The topological polar surface area (TPSA) is 70.0 Å². The first kappa shape index (κ1) is 14.3. The van der Waals surface area contributed by atoms with Gasteiger partial charge in [0.25, 0.3) is 0 Å². The second-order valence-corrected chi connectivity index (χ2v) is 5.89. The fourth-order valence-corrected chi connectivity index (χ4v) is 3.09. The van der Waals surface area contributed by atoms with Crippen LogP contribution >= 0.6 is 0 Å². The van der Waals surface area contributed by atoms with Crippen LogP contribution in [0.4, 0.5) is 0 Å². The van der Waals surface area contributed by atoms with Crippen molar-refractivity contribution in [2.45, 2.75) is 31.7 Å². The SMILES string of the molecule is Cn1cc(CN2CCCC(c3cc(CCO)[nH]n3)C2)cn1. The minimum Gasteiger partial charge on any atom is -0.396 e. The Morgan fingerprint density at radius 1 is 1.48 bits per heavy atom. The summed E-state index contributed by atoms with van der Waals surface area (Å²) in [4.78, 5) is 2.48. The van der Waals surface area contributed by atoms with Crippen LogP contribution in [-0.4, -0.2) is 49.7 Å². The van der Waals surface area contributed by atoms with Gasteiger partial charge in [0.2, 0.25) is 0 Å². The fraction of sp³-hybridized carbons (Fsp3) is 0.600. The number of aromatic nitrogens is 4. The second kappa shape index (κ2) is 6.41. The first-order valence-electron chi connectivity index (χ1n) is 7.59. The van der Waals surface area contributed by atoms with E-state index >= 15 is 0 Å². The van der Waals surface area contributed by atoms with Crippen LogP contribution in [0.5, 0.6) is 0 Å². The van der Waals surface area contributed by atoms with Crippen LogP contribution in [0, 0.1) is 0 Å². The van der Waals surface area contributed by atoms with Gasteiger partial charge in [0, 0.05) is 56.5 Å². The number of hydrogen-bond donors (Lipinski definition) is 2. The zero-order chi connectivity index (χ0) is 14.7. The molecule has 1 atom stereocenters. The average molecular weight is 289 g/mol. The highest BCUT2D eigenvalue weighted by Crippen LogP contribution is 2.26. The molecule has 1 aliphatic heterocycles. The molecule has 3 heterocycles. The van der Waals surface area contributed by atoms with Crippen LogP contribution in [0.25, 0.3) is 0 Å². The van der Waals surface area contributed by atoms with Gasteiger partial charge < -0.3 is 5.11 Å². The van der Waals surface area contributed by atoms with Gasteiger partial charge in [-0.05, 0) is 25.5 Å². The van der Waals surface area contributed by atoms with Gasteiger partial charge in [0.15, 0.2) is 0 Å². The highest BCUT2D eigenvalue weighted by Gasteiger charge is 2.23. The molecule has 0 aliphatic carbocycles. The summed E-state index contributed by atoms with van der Waals surface area (Å²) in [7, 11) is 1.95. The van der Waals surface area contributed by atoms with E-state index < -0.39 is 0 Å². The van der Waals surface area contributed by atoms with Crippen molar-refractivity contribution in [3.05, 3.63) is 35.4 Å². The molecule has 0 bridgehead atoms. The molecule has 2 aromatic heterocycles. The third-order valence-electron chi connectivity index (χ3n) is 4.12. The maximum Gasteiger partial charge on any atom is 0.0668 e. The molecule has 1 unspecified atom stereocenters. The Morgan fingerprint density at radius 2 is 2.38 bits per heavy atom. The van der Waals surface area contributed by atoms with Gasteiger partial charge in [0.05, 0.1) is 11.9 Å². The van der Waals surface area contributed by atoms with Crippen LogP contribution in [0.3, 0.4) is 0 Å². The smallest absolute Gasteiger partial charge is 0.0668 e. The molecule has 0 radical (unpaired) electrons. The van der Waals surface area contributed by atoms with Crippen LogP contribution < -0.4 is 0 Å². The van der Waals surface area contributed by atoms with Crippen molar-refractivity contribution in [3.8, 4) is 0 Å². The zero-order valence-corrected chi connectivity index (χ0v) is 12.5. The third-order valence-corrected chi connectivity index (χ3v) is 4.12. The number of likely N-dealkylation sites (tertiary alicyclic amines) is 1. The molecular weight excluding hydrogens is 266 g/mol. The normalized spacial score (nSPS) is 20.0. The van der Waals surface area contributed by atoms with Crippen molar-refractivity contribution in [2.75, 3.05) is 19.7 Å². The van der Waals surface area contributed by atoms with E-state index in [2.05, 4.69) is 32.5 Å². The zero-order valence-electron chi connectivity index (χ0n) is 12.5. The lowest BCUT2D eigenvalue weighted by atomic mass is 9.94. The van der Waals surface area contributed by atoms with Crippen molar-refractivity contribution in [3.63, 3.8) is 0 Å².